The Hall–Kier alpha value is -4.33. The SMILES string of the molecule is COc1ccc(/C=C/C(=O)NCc2ccc(C(=O)Nc3cc(F)ccc3N)cc2)cc1OC. The van der Waals surface area contributed by atoms with Crippen LogP contribution in [0.3, 0.4) is 0 Å². The van der Waals surface area contributed by atoms with Gasteiger partial charge in [-0.1, -0.05) is 18.2 Å². The van der Waals surface area contributed by atoms with Crippen LogP contribution in [0.1, 0.15) is 21.5 Å². The maximum absolute atomic E-state index is 13.4. The third kappa shape index (κ3) is 6.33. The normalized spacial score (nSPS) is 10.6. The molecule has 0 atom stereocenters. The fraction of sp³-hybridized carbons (Fsp3) is 0.120. The van der Waals surface area contributed by atoms with Crippen molar-refractivity contribution in [3.8, 4) is 11.5 Å². The van der Waals surface area contributed by atoms with Crippen LogP contribution in [0.4, 0.5) is 15.8 Å². The molecule has 0 heterocycles. The molecule has 8 heteroatoms. The van der Waals surface area contributed by atoms with Crippen LogP contribution in [0.2, 0.25) is 0 Å². The summed E-state index contributed by atoms with van der Waals surface area (Å²) >= 11 is 0. The number of nitrogen functional groups attached to an aromatic ring is 1. The van der Waals surface area contributed by atoms with Crippen LogP contribution in [-0.4, -0.2) is 26.0 Å². The summed E-state index contributed by atoms with van der Waals surface area (Å²) in [4.78, 5) is 24.5. The molecule has 0 aromatic heterocycles. The van der Waals surface area contributed by atoms with Gasteiger partial charge in [0.25, 0.3) is 5.91 Å². The van der Waals surface area contributed by atoms with Crippen molar-refractivity contribution in [2.24, 2.45) is 0 Å². The Bertz CT molecular complexity index is 1180. The van der Waals surface area contributed by atoms with E-state index < -0.39 is 11.7 Å². The molecule has 0 aliphatic rings. The van der Waals surface area contributed by atoms with Gasteiger partial charge in [-0.3, -0.25) is 9.59 Å². The highest BCUT2D eigenvalue weighted by Crippen LogP contribution is 2.28. The standard InChI is InChI=1S/C25H24FN3O4/c1-32-22-11-5-16(13-23(22)33-2)6-12-24(30)28-15-17-3-7-18(8-4-17)25(31)29-21-14-19(26)9-10-20(21)27/h3-14H,15,27H2,1-2H3,(H,28,30)(H,29,31)/b12-6+. The quantitative estimate of drug-likeness (QED) is 0.356. The molecule has 170 valence electrons. The third-order valence-electron chi connectivity index (χ3n) is 4.78. The van der Waals surface area contributed by atoms with E-state index >= 15 is 0 Å². The molecular weight excluding hydrogens is 425 g/mol. The summed E-state index contributed by atoms with van der Waals surface area (Å²) < 4.78 is 23.8. The van der Waals surface area contributed by atoms with E-state index in [0.29, 0.717) is 17.1 Å². The molecule has 0 unspecified atom stereocenters. The summed E-state index contributed by atoms with van der Waals surface area (Å²) in [6.45, 7) is 0.286. The van der Waals surface area contributed by atoms with Gasteiger partial charge in [0.2, 0.25) is 5.91 Å². The van der Waals surface area contributed by atoms with Gasteiger partial charge in [0, 0.05) is 18.2 Å². The molecule has 0 bridgehead atoms. The van der Waals surface area contributed by atoms with E-state index in [2.05, 4.69) is 10.6 Å². The first-order chi connectivity index (χ1) is 15.9. The topological polar surface area (TPSA) is 103 Å². The minimum atomic E-state index is -0.495. The largest absolute Gasteiger partial charge is 0.493 e. The highest BCUT2D eigenvalue weighted by Gasteiger charge is 2.09. The highest BCUT2D eigenvalue weighted by molar-refractivity contribution is 6.05. The fourth-order valence-corrected chi connectivity index (χ4v) is 2.98. The molecule has 0 aliphatic heterocycles. The average molecular weight is 449 g/mol. The van der Waals surface area contributed by atoms with Gasteiger partial charge in [-0.2, -0.15) is 0 Å². The van der Waals surface area contributed by atoms with Gasteiger partial charge in [-0.25, -0.2) is 4.39 Å². The number of rotatable bonds is 8. The maximum atomic E-state index is 13.4. The number of carbonyl (C=O) groups excluding carboxylic acids is 2. The first-order valence-corrected chi connectivity index (χ1v) is 10.0. The number of anilines is 2. The van der Waals surface area contributed by atoms with Crippen molar-refractivity contribution in [3.63, 3.8) is 0 Å². The van der Waals surface area contributed by atoms with Crippen molar-refractivity contribution in [2.75, 3.05) is 25.3 Å². The minimum Gasteiger partial charge on any atom is -0.493 e. The minimum absolute atomic E-state index is 0.206. The van der Waals surface area contributed by atoms with Crippen LogP contribution >= 0.6 is 0 Å². The van der Waals surface area contributed by atoms with Gasteiger partial charge < -0.3 is 25.8 Å². The van der Waals surface area contributed by atoms with Crippen LogP contribution in [0, 0.1) is 5.82 Å². The number of carbonyl (C=O) groups is 2. The number of benzene rings is 3. The Kier molecular flexibility index (Phi) is 7.64. The third-order valence-corrected chi connectivity index (χ3v) is 4.78. The van der Waals surface area contributed by atoms with Crippen LogP contribution < -0.4 is 25.8 Å². The molecule has 0 fully saturated rings. The van der Waals surface area contributed by atoms with Crippen molar-refractivity contribution >= 4 is 29.3 Å². The lowest BCUT2D eigenvalue weighted by molar-refractivity contribution is -0.116. The molecule has 0 spiro atoms. The summed E-state index contributed by atoms with van der Waals surface area (Å²) in [5.41, 5.74) is 8.21. The predicted octanol–water partition coefficient (Wildman–Crippen LogP) is 4.01. The molecule has 3 aromatic carbocycles. The zero-order chi connectivity index (χ0) is 23.8. The number of nitrogens with two attached hydrogens (primary N) is 1. The maximum Gasteiger partial charge on any atom is 0.255 e. The Morgan fingerprint density at radius 2 is 1.70 bits per heavy atom. The van der Waals surface area contributed by atoms with Gasteiger partial charge in [0.15, 0.2) is 11.5 Å². The first-order valence-electron chi connectivity index (χ1n) is 10.0. The van der Waals surface area contributed by atoms with Crippen LogP contribution in [0.25, 0.3) is 6.08 Å². The van der Waals surface area contributed by atoms with Crippen molar-refractivity contribution in [2.45, 2.75) is 6.54 Å². The molecule has 3 aromatic rings. The van der Waals surface area contributed by atoms with Gasteiger partial charge >= 0.3 is 0 Å². The van der Waals surface area contributed by atoms with E-state index in [9.17, 15) is 14.0 Å². The zero-order valence-electron chi connectivity index (χ0n) is 18.2. The van der Waals surface area contributed by atoms with Crippen molar-refractivity contribution in [1.29, 1.82) is 0 Å². The van der Waals surface area contributed by atoms with E-state index in [0.717, 1.165) is 17.2 Å². The summed E-state index contributed by atoms with van der Waals surface area (Å²) in [5, 5.41) is 5.37. The summed E-state index contributed by atoms with van der Waals surface area (Å²) in [6.07, 6.45) is 3.09. The molecule has 4 N–H and O–H groups in total. The number of hydrogen-bond donors (Lipinski definition) is 3. The molecule has 3 rings (SSSR count). The van der Waals surface area contributed by atoms with Gasteiger partial charge in [0.1, 0.15) is 5.82 Å². The molecule has 0 radical (unpaired) electrons. The Labute approximate surface area is 191 Å². The number of amides is 2. The Morgan fingerprint density at radius 1 is 0.970 bits per heavy atom. The Morgan fingerprint density at radius 3 is 2.39 bits per heavy atom. The van der Waals surface area contributed by atoms with E-state index in [1.807, 2.05) is 6.07 Å². The van der Waals surface area contributed by atoms with Crippen molar-refractivity contribution in [3.05, 3.63) is 89.2 Å². The lowest BCUT2D eigenvalue weighted by Gasteiger charge is -2.09. The fourth-order valence-electron chi connectivity index (χ4n) is 2.98. The number of halogens is 1. The predicted molar refractivity (Wildman–Crippen MR) is 126 cm³/mol. The molecule has 2 amide bonds. The molecule has 7 nitrogen and oxygen atoms in total. The smallest absolute Gasteiger partial charge is 0.255 e. The molecule has 0 aliphatic carbocycles. The summed E-state index contributed by atoms with van der Waals surface area (Å²) in [5.74, 6) is -0.000380. The van der Waals surface area contributed by atoms with E-state index in [1.54, 1.807) is 56.7 Å². The monoisotopic (exact) mass is 449 g/mol. The molecule has 33 heavy (non-hydrogen) atoms. The number of ether oxygens (including phenoxy) is 2. The Balaban J connectivity index is 1.54. The summed E-state index contributed by atoms with van der Waals surface area (Å²) in [6, 6.07) is 15.8. The number of methoxy groups -OCH3 is 2. The lowest BCUT2D eigenvalue weighted by Crippen LogP contribution is -2.20. The van der Waals surface area contributed by atoms with E-state index in [1.165, 1.54) is 18.2 Å². The average Bonchev–Trinajstić information content (AvgIpc) is 2.83. The van der Waals surface area contributed by atoms with Crippen molar-refractivity contribution < 1.29 is 23.5 Å². The number of hydrogen-bond acceptors (Lipinski definition) is 5. The van der Waals surface area contributed by atoms with Gasteiger partial charge in [0.05, 0.1) is 25.6 Å². The summed E-state index contributed by atoms with van der Waals surface area (Å²) in [7, 11) is 3.10. The van der Waals surface area contributed by atoms with Gasteiger partial charge in [-0.05, 0) is 59.7 Å². The van der Waals surface area contributed by atoms with E-state index in [-0.39, 0.29) is 23.8 Å². The molecule has 0 saturated carbocycles. The molecular formula is C25H24FN3O4. The number of nitrogens with one attached hydrogen (secondary N) is 2. The molecule has 0 saturated heterocycles. The zero-order valence-corrected chi connectivity index (χ0v) is 18.2. The van der Waals surface area contributed by atoms with Crippen LogP contribution in [0.5, 0.6) is 11.5 Å². The van der Waals surface area contributed by atoms with Crippen LogP contribution in [-0.2, 0) is 11.3 Å². The van der Waals surface area contributed by atoms with E-state index in [4.69, 9.17) is 15.2 Å². The second-order valence-electron chi connectivity index (χ2n) is 7.05. The second-order valence-corrected chi connectivity index (χ2v) is 7.05. The van der Waals surface area contributed by atoms with Gasteiger partial charge in [-0.15, -0.1) is 0 Å². The second kappa shape index (κ2) is 10.8. The van der Waals surface area contributed by atoms with Crippen molar-refractivity contribution in [1.82, 2.24) is 5.32 Å². The lowest BCUT2D eigenvalue weighted by atomic mass is 10.1. The first kappa shape index (κ1) is 23.3. The highest BCUT2D eigenvalue weighted by atomic mass is 19.1. The van der Waals surface area contributed by atoms with Crippen LogP contribution in [0.15, 0.2) is 66.7 Å².